The van der Waals surface area contributed by atoms with E-state index in [0.717, 1.165) is 12.8 Å². The molecule has 0 spiro atoms. The van der Waals surface area contributed by atoms with E-state index in [4.69, 9.17) is 5.11 Å². The van der Waals surface area contributed by atoms with Crippen LogP contribution < -0.4 is 0 Å². The molecule has 11 heavy (non-hydrogen) atoms. The van der Waals surface area contributed by atoms with Crippen molar-refractivity contribution in [1.29, 1.82) is 0 Å². The molecule has 2 aliphatic rings. The number of rotatable bonds is 2. The predicted molar refractivity (Wildman–Crippen MR) is 42.0 cm³/mol. The van der Waals surface area contributed by atoms with Gasteiger partial charge in [-0.05, 0) is 24.7 Å². The summed E-state index contributed by atoms with van der Waals surface area (Å²) in [7, 11) is 0. The molecular formula is C9H14O2. The SMILES string of the molecule is OC[C@@H]1C[C@H]2C=C[C@@]1(CO)C2. The highest BCUT2D eigenvalue weighted by Crippen LogP contribution is 2.52. The summed E-state index contributed by atoms with van der Waals surface area (Å²) in [5.74, 6) is 0.932. The Bertz CT molecular complexity index is 188. The van der Waals surface area contributed by atoms with Crippen LogP contribution in [0.2, 0.25) is 0 Å². The first-order valence-electron chi connectivity index (χ1n) is 4.22. The Hall–Kier alpha value is -0.340. The fourth-order valence-corrected chi connectivity index (χ4v) is 2.52. The molecule has 2 nitrogen and oxygen atoms in total. The molecule has 2 N–H and O–H groups in total. The molecule has 3 atom stereocenters. The Morgan fingerprint density at radius 1 is 1.45 bits per heavy atom. The Kier molecular flexibility index (Phi) is 1.55. The first-order chi connectivity index (χ1) is 5.30. The maximum atomic E-state index is 9.18. The Balaban J connectivity index is 2.22. The van der Waals surface area contributed by atoms with E-state index in [0.29, 0.717) is 11.8 Å². The van der Waals surface area contributed by atoms with Crippen LogP contribution in [0.15, 0.2) is 12.2 Å². The third kappa shape index (κ3) is 0.861. The molecule has 0 aromatic heterocycles. The molecule has 0 radical (unpaired) electrons. The van der Waals surface area contributed by atoms with Crippen molar-refractivity contribution in [3.63, 3.8) is 0 Å². The third-order valence-electron chi connectivity index (χ3n) is 3.26. The maximum Gasteiger partial charge on any atom is 0.0525 e. The lowest BCUT2D eigenvalue weighted by Crippen LogP contribution is -2.29. The molecule has 62 valence electrons. The molecule has 0 aliphatic heterocycles. The van der Waals surface area contributed by atoms with E-state index in [1.54, 1.807) is 0 Å². The van der Waals surface area contributed by atoms with Gasteiger partial charge in [0.15, 0.2) is 0 Å². The summed E-state index contributed by atoms with van der Waals surface area (Å²) in [4.78, 5) is 0. The van der Waals surface area contributed by atoms with Crippen LogP contribution >= 0.6 is 0 Å². The van der Waals surface area contributed by atoms with Gasteiger partial charge in [-0.1, -0.05) is 12.2 Å². The molecule has 2 heteroatoms. The van der Waals surface area contributed by atoms with Crippen LogP contribution in [-0.4, -0.2) is 23.4 Å². The van der Waals surface area contributed by atoms with Crippen LogP contribution in [0.5, 0.6) is 0 Å². The Labute approximate surface area is 66.5 Å². The summed E-state index contributed by atoms with van der Waals surface area (Å²) in [5, 5.41) is 18.2. The minimum absolute atomic E-state index is 0.0561. The van der Waals surface area contributed by atoms with Crippen LogP contribution in [0.1, 0.15) is 12.8 Å². The minimum atomic E-state index is -0.0561. The van der Waals surface area contributed by atoms with Crippen molar-refractivity contribution in [3.8, 4) is 0 Å². The smallest absolute Gasteiger partial charge is 0.0525 e. The summed E-state index contributed by atoms with van der Waals surface area (Å²) in [5.41, 5.74) is -0.0561. The zero-order chi connectivity index (χ0) is 7.90. The molecule has 2 aliphatic carbocycles. The second-order valence-electron chi connectivity index (χ2n) is 3.83. The van der Waals surface area contributed by atoms with Crippen molar-refractivity contribution in [3.05, 3.63) is 12.2 Å². The molecule has 1 fully saturated rings. The predicted octanol–water partition coefficient (Wildman–Crippen LogP) is 0.553. The lowest BCUT2D eigenvalue weighted by Gasteiger charge is -2.28. The molecule has 2 bridgehead atoms. The number of fused-ring (bicyclic) bond motifs is 2. The van der Waals surface area contributed by atoms with Gasteiger partial charge in [0.1, 0.15) is 0 Å². The minimum Gasteiger partial charge on any atom is -0.396 e. The average molecular weight is 154 g/mol. The van der Waals surface area contributed by atoms with Gasteiger partial charge in [0.05, 0.1) is 6.61 Å². The first kappa shape index (κ1) is 7.32. The van der Waals surface area contributed by atoms with Crippen molar-refractivity contribution in [1.82, 2.24) is 0 Å². The molecule has 0 aromatic carbocycles. The second kappa shape index (κ2) is 2.32. The van der Waals surface area contributed by atoms with E-state index >= 15 is 0 Å². The Morgan fingerprint density at radius 3 is 2.73 bits per heavy atom. The van der Waals surface area contributed by atoms with Crippen molar-refractivity contribution in [2.45, 2.75) is 12.8 Å². The molecule has 0 amide bonds. The van der Waals surface area contributed by atoms with E-state index in [1.165, 1.54) is 0 Å². The largest absolute Gasteiger partial charge is 0.396 e. The van der Waals surface area contributed by atoms with Gasteiger partial charge < -0.3 is 10.2 Å². The van der Waals surface area contributed by atoms with Crippen molar-refractivity contribution >= 4 is 0 Å². The number of aliphatic hydroxyl groups is 2. The zero-order valence-electron chi connectivity index (χ0n) is 6.53. The first-order valence-corrected chi connectivity index (χ1v) is 4.22. The standard InChI is InChI=1S/C9H14O2/c10-5-8-3-7-1-2-9(8,4-7)6-11/h1-2,7-8,10-11H,3-6H2/t7-,8+,9+/m1/s1. The zero-order valence-corrected chi connectivity index (χ0v) is 6.53. The van der Waals surface area contributed by atoms with Crippen molar-refractivity contribution in [2.24, 2.45) is 17.3 Å². The molecule has 0 heterocycles. The monoisotopic (exact) mass is 154 g/mol. The molecule has 1 saturated carbocycles. The molecule has 0 aromatic rings. The lowest BCUT2D eigenvalue weighted by molar-refractivity contribution is 0.0892. The highest BCUT2D eigenvalue weighted by atomic mass is 16.3. The van der Waals surface area contributed by atoms with Gasteiger partial charge in [0, 0.05) is 12.0 Å². The average Bonchev–Trinajstić information content (AvgIpc) is 2.60. The van der Waals surface area contributed by atoms with E-state index in [1.807, 2.05) is 0 Å². The van der Waals surface area contributed by atoms with Crippen molar-refractivity contribution in [2.75, 3.05) is 13.2 Å². The lowest BCUT2D eigenvalue weighted by atomic mass is 9.79. The summed E-state index contributed by atoms with van der Waals surface area (Å²) in [6.07, 6.45) is 6.40. The van der Waals surface area contributed by atoms with Gasteiger partial charge in [-0.2, -0.15) is 0 Å². The molecule has 0 saturated heterocycles. The molecule has 2 rings (SSSR count). The van der Waals surface area contributed by atoms with Gasteiger partial charge in [-0.25, -0.2) is 0 Å². The quantitative estimate of drug-likeness (QED) is 0.570. The van der Waals surface area contributed by atoms with Crippen LogP contribution in [0, 0.1) is 17.3 Å². The molecular weight excluding hydrogens is 140 g/mol. The number of allylic oxidation sites excluding steroid dienone is 1. The van der Waals surface area contributed by atoms with Crippen LogP contribution in [0.3, 0.4) is 0 Å². The van der Waals surface area contributed by atoms with Gasteiger partial charge in [-0.15, -0.1) is 0 Å². The van der Waals surface area contributed by atoms with Gasteiger partial charge >= 0.3 is 0 Å². The molecule has 0 unspecified atom stereocenters. The highest BCUT2D eigenvalue weighted by molar-refractivity contribution is 5.18. The number of aliphatic hydroxyl groups excluding tert-OH is 2. The van der Waals surface area contributed by atoms with Gasteiger partial charge in [0.25, 0.3) is 0 Å². The van der Waals surface area contributed by atoms with E-state index < -0.39 is 0 Å². The highest BCUT2D eigenvalue weighted by Gasteiger charge is 2.47. The number of hydrogen-bond donors (Lipinski definition) is 2. The van der Waals surface area contributed by atoms with Crippen LogP contribution in [-0.2, 0) is 0 Å². The second-order valence-corrected chi connectivity index (χ2v) is 3.83. The number of hydrogen-bond acceptors (Lipinski definition) is 2. The van der Waals surface area contributed by atoms with E-state index in [9.17, 15) is 5.11 Å². The Morgan fingerprint density at radius 2 is 2.27 bits per heavy atom. The summed E-state index contributed by atoms with van der Waals surface area (Å²) < 4.78 is 0. The van der Waals surface area contributed by atoms with Crippen LogP contribution in [0.25, 0.3) is 0 Å². The normalized spacial score (nSPS) is 47.1. The van der Waals surface area contributed by atoms with Crippen molar-refractivity contribution < 1.29 is 10.2 Å². The summed E-state index contributed by atoms with van der Waals surface area (Å²) >= 11 is 0. The fourth-order valence-electron chi connectivity index (χ4n) is 2.52. The fraction of sp³-hybridized carbons (Fsp3) is 0.778. The van der Waals surface area contributed by atoms with E-state index in [2.05, 4.69) is 12.2 Å². The maximum absolute atomic E-state index is 9.18. The van der Waals surface area contributed by atoms with E-state index in [-0.39, 0.29) is 18.6 Å². The van der Waals surface area contributed by atoms with Gasteiger partial charge in [-0.3, -0.25) is 0 Å². The third-order valence-corrected chi connectivity index (χ3v) is 3.26. The summed E-state index contributed by atoms with van der Waals surface area (Å²) in [6, 6.07) is 0. The topological polar surface area (TPSA) is 40.5 Å². The summed E-state index contributed by atoms with van der Waals surface area (Å²) in [6.45, 7) is 0.423. The van der Waals surface area contributed by atoms with Gasteiger partial charge in [0.2, 0.25) is 0 Å². The van der Waals surface area contributed by atoms with Crippen LogP contribution in [0.4, 0.5) is 0 Å².